The molecule has 0 bridgehead atoms. The van der Waals surface area contributed by atoms with Gasteiger partial charge in [-0.25, -0.2) is 14.2 Å². The van der Waals surface area contributed by atoms with Crippen molar-refractivity contribution in [2.24, 2.45) is 0 Å². The van der Waals surface area contributed by atoms with Gasteiger partial charge in [0.1, 0.15) is 28.1 Å². The van der Waals surface area contributed by atoms with Gasteiger partial charge in [0.05, 0.1) is 11.4 Å². The molecule has 1 amide bonds. The number of nitrogens with zero attached hydrogens (tertiary/aromatic N) is 1. The van der Waals surface area contributed by atoms with Gasteiger partial charge < -0.3 is 14.8 Å². The first-order chi connectivity index (χ1) is 14.3. The number of ether oxygens (including phenoxy) is 2. The van der Waals surface area contributed by atoms with Crippen molar-refractivity contribution < 1.29 is 23.5 Å². The molecule has 0 saturated carbocycles. The molecule has 0 unspecified atom stereocenters. The minimum Gasteiger partial charge on any atom is -0.486 e. The van der Waals surface area contributed by atoms with Gasteiger partial charge in [-0.2, -0.15) is 0 Å². The van der Waals surface area contributed by atoms with Crippen LogP contribution in [-0.4, -0.2) is 23.5 Å². The number of aryl methyl sites for hydroxylation is 2. The Balaban J connectivity index is 1.53. The zero-order chi connectivity index (χ0) is 21.7. The predicted molar refractivity (Wildman–Crippen MR) is 115 cm³/mol. The summed E-state index contributed by atoms with van der Waals surface area (Å²) in [5.41, 5.74) is 2.13. The minimum atomic E-state index is -0.629. The van der Waals surface area contributed by atoms with Crippen molar-refractivity contribution >= 4 is 44.8 Å². The van der Waals surface area contributed by atoms with Crippen molar-refractivity contribution in [3.8, 4) is 5.75 Å². The average molecular weight is 493 g/mol. The summed E-state index contributed by atoms with van der Waals surface area (Å²) in [6.07, 6.45) is 0. The zero-order valence-electron chi connectivity index (χ0n) is 16.2. The van der Waals surface area contributed by atoms with E-state index < -0.39 is 18.5 Å². The van der Waals surface area contributed by atoms with Crippen molar-refractivity contribution in [1.82, 2.24) is 4.98 Å². The molecule has 2 aromatic carbocycles. The van der Waals surface area contributed by atoms with Gasteiger partial charge in [0.2, 0.25) is 0 Å². The monoisotopic (exact) mass is 492 g/mol. The van der Waals surface area contributed by atoms with Crippen LogP contribution in [0.4, 0.5) is 10.1 Å². The van der Waals surface area contributed by atoms with E-state index in [0.29, 0.717) is 27.0 Å². The summed E-state index contributed by atoms with van der Waals surface area (Å²) in [5.74, 6) is -0.936. The lowest BCUT2D eigenvalue weighted by molar-refractivity contribution is -0.119. The van der Waals surface area contributed by atoms with Crippen LogP contribution in [0.15, 0.2) is 46.9 Å². The molecule has 1 heterocycles. The molecule has 9 heteroatoms. The number of nitrogens with one attached hydrogen (secondary N) is 1. The molecule has 0 aliphatic carbocycles. The quantitative estimate of drug-likeness (QED) is 0.467. The Morgan fingerprint density at radius 1 is 1.17 bits per heavy atom. The molecule has 6 nitrogen and oxygen atoms in total. The van der Waals surface area contributed by atoms with Crippen LogP contribution in [0.3, 0.4) is 0 Å². The molecule has 0 fully saturated rings. The Bertz CT molecular complexity index is 1070. The summed E-state index contributed by atoms with van der Waals surface area (Å²) >= 11 is 4.51. The number of esters is 1. The van der Waals surface area contributed by atoms with Crippen LogP contribution in [0.5, 0.6) is 5.75 Å². The van der Waals surface area contributed by atoms with Gasteiger partial charge in [0, 0.05) is 4.47 Å². The summed E-state index contributed by atoms with van der Waals surface area (Å²) in [6, 6.07) is 11.1. The van der Waals surface area contributed by atoms with E-state index in [1.54, 1.807) is 13.0 Å². The van der Waals surface area contributed by atoms with Crippen LogP contribution in [-0.2, 0) is 16.1 Å². The number of thiazole rings is 1. The minimum absolute atomic E-state index is 0.131. The van der Waals surface area contributed by atoms with Crippen LogP contribution in [0, 0.1) is 19.7 Å². The van der Waals surface area contributed by atoms with Crippen molar-refractivity contribution in [2.75, 3.05) is 11.9 Å². The molecule has 1 aromatic heterocycles. The fraction of sp³-hybridized carbons (Fsp3) is 0.190. The molecular weight excluding hydrogens is 475 g/mol. The molecule has 30 heavy (non-hydrogen) atoms. The van der Waals surface area contributed by atoms with E-state index in [9.17, 15) is 14.0 Å². The normalized spacial score (nSPS) is 10.5. The zero-order valence-corrected chi connectivity index (χ0v) is 18.6. The fourth-order valence-electron chi connectivity index (χ4n) is 2.48. The number of hydrogen-bond donors (Lipinski definition) is 1. The molecule has 0 aliphatic rings. The molecular formula is C21H18BrFN2O4S. The van der Waals surface area contributed by atoms with Gasteiger partial charge in [0.15, 0.2) is 6.61 Å². The van der Waals surface area contributed by atoms with Crippen LogP contribution in [0.2, 0.25) is 0 Å². The molecule has 156 valence electrons. The number of carbonyl (C=O) groups is 2. The van der Waals surface area contributed by atoms with E-state index >= 15 is 0 Å². The number of hydrogen-bond acceptors (Lipinski definition) is 6. The van der Waals surface area contributed by atoms with Gasteiger partial charge in [-0.05, 0) is 71.7 Å². The highest BCUT2D eigenvalue weighted by molar-refractivity contribution is 9.10. The number of halogens is 2. The Morgan fingerprint density at radius 3 is 2.60 bits per heavy atom. The largest absolute Gasteiger partial charge is 0.486 e. The van der Waals surface area contributed by atoms with E-state index in [1.165, 1.54) is 24.3 Å². The number of carbonyl (C=O) groups excluding carboxylic acids is 2. The van der Waals surface area contributed by atoms with E-state index in [0.717, 1.165) is 21.4 Å². The summed E-state index contributed by atoms with van der Waals surface area (Å²) in [4.78, 5) is 29.0. The number of amides is 1. The third kappa shape index (κ3) is 5.87. The van der Waals surface area contributed by atoms with E-state index in [4.69, 9.17) is 9.47 Å². The number of aromatic nitrogens is 1. The van der Waals surface area contributed by atoms with Crippen LogP contribution in [0.1, 0.15) is 25.9 Å². The standard InChI is InChI=1S/C21H18BrFN2O4S/c1-12-3-8-17(16(22)9-12)25-18(26)10-29-21(27)20-13(2)24-19(30-20)11-28-15-6-4-14(23)5-7-15/h3-9H,10-11H2,1-2H3,(H,25,26). The van der Waals surface area contributed by atoms with Crippen molar-refractivity contribution in [2.45, 2.75) is 20.5 Å². The smallest absolute Gasteiger partial charge is 0.350 e. The maximum Gasteiger partial charge on any atom is 0.350 e. The van der Waals surface area contributed by atoms with Crippen LogP contribution < -0.4 is 10.1 Å². The molecule has 0 spiro atoms. The Morgan fingerprint density at radius 2 is 1.90 bits per heavy atom. The third-order valence-electron chi connectivity index (χ3n) is 3.94. The SMILES string of the molecule is Cc1ccc(NC(=O)COC(=O)c2sc(COc3ccc(F)cc3)nc2C)c(Br)c1. The second-order valence-corrected chi connectivity index (χ2v) is 8.31. The second kappa shape index (κ2) is 9.82. The van der Waals surface area contributed by atoms with Crippen molar-refractivity contribution in [3.63, 3.8) is 0 Å². The highest BCUT2D eigenvalue weighted by atomic mass is 79.9. The Hall–Kier alpha value is -2.78. The average Bonchev–Trinajstić information content (AvgIpc) is 3.08. The second-order valence-electron chi connectivity index (χ2n) is 6.37. The highest BCUT2D eigenvalue weighted by Crippen LogP contribution is 2.24. The molecule has 0 saturated heterocycles. The van der Waals surface area contributed by atoms with E-state index in [-0.39, 0.29) is 12.4 Å². The van der Waals surface area contributed by atoms with Crippen LogP contribution in [0.25, 0.3) is 0 Å². The molecule has 1 N–H and O–H groups in total. The first kappa shape index (κ1) is 21.9. The maximum absolute atomic E-state index is 12.9. The van der Waals surface area contributed by atoms with E-state index in [1.807, 2.05) is 19.1 Å². The van der Waals surface area contributed by atoms with E-state index in [2.05, 4.69) is 26.2 Å². The third-order valence-corrected chi connectivity index (χ3v) is 5.70. The number of rotatable bonds is 7. The van der Waals surface area contributed by atoms with Gasteiger partial charge in [-0.1, -0.05) is 6.07 Å². The lowest BCUT2D eigenvalue weighted by atomic mass is 10.2. The summed E-state index contributed by atoms with van der Waals surface area (Å²) in [5, 5.41) is 3.25. The molecule has 0 aliphatic heterocycles. The van der Waals surface area contributed by atoms with Gasteiger partial charge in [0.25, 0.3) is 5.91 Å². The first-order valence-corrected chi connectivity index (χ1v) is 10.5. The topological polar surface area (TPSA) is 77.5 Å². The van der Waals surface area contributed by atoms with Gasteiger partial charge in [-0.3, -0.25) is 4.79 Å². The number of benzene rings is 2. The summed E-state index contributed by atoms with van der Waals surface area (Å²) < 4.78 is 24.3. The highest BCUT2D eigenvalue weighted by Gasteiger charge is 2.18. The van der Waals surface area contributed by atoms with Gasteiger partial charge >= 0.3 is 5.97 Å². The van der Waals surface area contributed by atoms with Crippen molar-refractivity contribution in [3.05, 3.63) is 73.9 Å². The number of anilines is 1. The molecule has 3 aromatic rings. The van der Waals surface area contributed by atoms with Gasteiger partial charge in [-0.15, -0.1) is 11.3 Å². The Kier molecular flexibility index (Phi) is 7.17. The summed E-state index contributed by atoms with van der Waals surface area (Å²) in [7, 11) is 0. The van der Waals surface area contributed by atoms with Crippen LogP contribution >= 0.6 is 27.3 Å². The fourth-order valence-corrected chi connectivity index (χ4v) is 3.95. The molecule has 3 rings (SSSR count). The molecule has 0 radical (unpaired) electrons. The Labute approximate surface area is 185 Å². The molecule has 0 atom stereocenters. The summed E-state index contributed by atoms with van der Waals surface area (Å²) in [6.45, 7) is 3.33. The maximum atomic E-state index is 12.9. The lowest BCUT2D eigenvalue weighted by Gasteiger charge is -2.08. The van der Waals surface area contributed by atoms with Crippen molar-refractivity contribution in [1.29, 1.82) is 0 Å². The first-order valence-electron chi connectivity index (χ1n) is 8.89. The predicted octanol–water partition coefficient (Wildman–Crippen LogP) is 5.04. The lowest BCUT2D eigenvalue weighted by Crippen LogP contribution is -2.21.